The van der Waals surface area contributed by atoms with Gasteiger partial charge in [0.2, 0.25) is 0 Å². The number of carbonyl (C=O) groups is 1. The molecule has 4 nitrogen and oxygen atoms in total. The first-order chi connectivity index (χ1) is 6.25. The third kappa shape index (κ3) is 2.83. The van der Waals surface area contributed by atoms with E-state index >= 15 is 0 Å². The van der Waals surface area contributed by atoms with E-state index in [-0.39, 0.29) is 18.4 Å². The van der Waals surface area contributed by atoms with Crippen LogP contribution in [0.5, 0.6) is 0 Å². The van der Waals surface area contributed by atoms with Gasteiger partial charge >= 0.3 is 5.97 Å². The van der Waals surface area contributed by atoms with Crippen LogP contribution in [0, 0.1) is 0 Å². The Morgan fingerprint density at radius 3 is 2.71 bits per heavy atom. The minimum Gasteiger partial charge on any atom is -0.464 e. The number of nitrogens with one attached hydrogen (secondary N) is 1. The summed E-state index contributed by atoms with van der Waals surface area (Å²) in [5.74, 6) is -0.246. The highest BCUT2D eigenvalue weighted by atomic mass is 35.5. The molecule has 1 N–H and O–H groups in total. The van der Waals surface area contributed by atoms with E-state index in [0.29, 0.717) is 13.2 Å². The molecule has 0 aromatic rings. The van der Waals surface area contributed by atoms with Crippen LogP contribution < -0.4 is 5.32 Å². The molecule has 0 saturated carbocycles. The van der Waals surface area contributed by atoms with Gasteiger partial charge in [0.25, 0.3) is 0 Å². The molecule has 0 amide bonds. The predicted octanol–water partition coefficient (Wildman–Crippen LogP) is 0.740. The number of piperidine rings is 1. The van der Waals surface area contributed by atoms with Gasteiger partial charge in [-0.25, -0.2) is 4.79 Å². The summed E-state index contributed by atoms with van der Waals surface area (Å²) >= 11 is 0. The number of rotatable bonds is 3. The molecule has 0 aromatic heterocycles. The van der Waals surface area contributed by atoms with Crippen molar-refractivity contribution in [2.45, 2.75) is 25.4 Å². The Morgan fingerprint density at radius 1 is 1.57 bits per heavy atom. The quantitative estimate of drug-likeness (QED) is 0.717. The summed E-state index contributed by atoms with van der Waals surface area (Å²) in [4.78, 5) is 11.6. The number of esters is 1. The first-order valence-electron chi connectivity index (χ1n) is 4.68. The first kappa shape index (κ1) is 13.7. The summed E-state index contributed by atoms with van der Waals surface area (Å²) in [7, 11) is 1.56. The molecule has 1 rings (SSSR count). The molecule has 1 aliphatic rings. The van der Waals surface area contributed by atoms with Crippen molar-refractivity contribution in [2.24, 2.45) is 0 Å². The molecule has 0 aliphatic carbocycles. The van der Waals surface area contributed by atoms with Crippen LogP contribution in [0.15, 0.2) is 0 Å². The van der Waals surface area contributed by atoms with Crippen LogP contribution in [-0.4, -0.2) is 38.4 Å². The Labute approximate surface area is 90.7 Å². The highest BCUT2D eigenvalue weighted by Gasteiger charge is 2.41. The molecule has 1 atom stereocenters. The molecule has 1 aliphatic heterocycles. The van der Waals surface area contributed by atoms with Crippen molar-refractivity contribution >= 4 is 18.4 Å². The Morgan fingerprint density at radius 2 is 2.29 bits per heavy atom. The molecule has 1 saturated heterocycles. The molecule has 0 spiro atoms. The third-order valence-electron chi connectivity index (χ3n) is 2.38. The molecule has 5 heteroatoms. The topological polar surface area (TPSA) is 47.6 Å². The van der Waals surface area contributed by atoms with Gasteiger partial charge in [-0.1, -0.05) is 0 Å². The maximum absolute atomic E-state index is 11.6. The van der Waals surface area contributed by atoms with Crippen molar-refractivity contribution in [3.05, 3.63) is 0 Å². The molecular weight excluding hydrogens is 206 g/mol. The minimum atomic E-state index is -0.742. The lowest BCUT2D eigenvalue weighted by atomic mass is 9.94. The van der Waals surface area contributed by atoms with Gasteiger partial charge in [-0.3, -0.25) is 0 Å². The highest BCUT2D eigenvalue weighted by molar-refractivity contribution is 5.85. The first-order valence-corrected chi connectivity index (χ1v) is 4.68. The zero-order valence-corrected chi connectivity index (χ0v) is 9.49. The smallest absolute Gasteiger partial charge is 0.339 e. The molecular formula is C9H18ClNO3. The van der Waals surface area contributed by atoms with Crippen LogP contribution in [0.25, 0.3) is 0 Å². The highest BCUT2D eigenvalue weighted by Crippen LogP contribution is 2.21. The lowest BCUT2D eigenvalue weighted by molar-refractivity contribution is -0.170. The Kier molecular flexibility index (Phi) is 6.08. The maximum Gasteiger partial charge on any atom is 0.339 e. The molecule has 1 fully saturated rings. The Bertz CT molecular complexity index is 181. The minimum absolute atomic E-state index is 0. The van der Waals surface area contributed by atoms with E-state index in [9.17, 15) is 4.79 Å². The molecule has 0 bridgehead atoms. The number of hydrogen-bond acceptors (Lipinski definition) is 4. The van der Waals surface area contributed by atoms with E-state index in [0.717, 1.165) is 19.4 Å². The van der Waals surface area contributed by atoms with E-state index < -0.39 is 5.60 Å². The van der Waals surface area contributed by atoms with Crippen LogP contribution in [0.3, 0.4) is 0 Å². The van der Waals surface area contributed by atoms with Crippen LogP contribution in [0.1, 0.15) is 19.8 Å². The second-order valence-corrected chi connectivity index (χ2v) is 3.20. The van der Waals surface area contributed by atoms with Crippen LogP contribution in [-0.2, 0) is 14.3 Å². The van der Waals surface area contributed by atoms with Gasteiger partial charge in [-0.15, -0.1) is 12.4 Å². The Hall–Kier alpha value is -0.320. The third-order valence-corrected chi connectivity index (χ3v) is 2.38. The van der Waals surface area contributed by atoms with E-state index in [4.69, 9.17) is 9.47 Å². The number of methoxy groups -OCH3 is 1. The van der Waals surface area contributed by atoms with Crippen LogP contribution >= 0.6 is 12.4 Å². The van der Waals surface area contributed by atoms with E-state index in [1.807, 2.05) is 0 Å². The van der Waals surface area contributed by atoms with Gasteiger partial charge < -0.3 is 14.8 Å². The van der Waals surface area contributed by atoms with Gasteiger partial charge in [-0.2, -0.15) is 0 Å². The summed E-state index contributed by atoms with van der Waals surface area (Å²) in [6.45, 7) is 3.72. The summed E-state index contributed by atoms with van der Waals surface area (Å²) < 4.78 is 10.2. The monoisotopic (exact) mass is 223 g/mol. The lowest BCUT2D eigenvalue weighted by Gasteiger charge is -2.33. The largest absolute Gasteiger partial charge is 0.464 e. The molecule has 84 valence electrons. The van der Waals surface area contributed by atoms with Crippen LogP contribution in [0.4, 0.5) is 0 Å². The molecule has 14 heavy (non-hydrogen) atoms. The second-order valence-electron chi connectivity index (χ2n) is 3.20. The zero-order valence-electron chi connectivity index (χ0n) is 8.67. The van der Waals surface area contributed by atoms with Crippen molar-refractivity contribution in [1.82, 2.24) is 5.32 Å². The van der Waals surface area contributed by atoms with Crippen molar-refractivity contribution < 1.29 is 14.3 Å². The standard InChI is InChI=1S/C9H17NO3.ClH/c1-3-13-8(11)9(12-2)5-4-6-10-7-9;/h10H,3-7H2,1-2H3;1H. The summed E-state index contributed by atoms with van der Waals surface area (Å²) in [6.07, 6.45) is 1.70. The van der Waals surface area contributed by atoms with Crippen molar-refractivity contribution in [3.63, 3.8) is 0 Å². The van der Waals surface area contributed by atoms with E-state index in [1.54, 1.807) is 14.0 Å². The molecule has 1 unspecified atom stereocenters. The van der Waals surface area contributed by atoms with Crippen molar-refractivity contribution in [1.29, 1.82) is 0 Å². The summed E-state index contributed by atoms with van der Waals surface area (Å²) in [5.41, 5.74) is -0.742. The fraction of sp³-hybridized carbons (Fsp3) is 0.889. The van der Waals surface area contributed by atoms with Gasteiger partial charge in [0.1, 0.15) is 0 Å². The average molecular weight is 224 g/mol. The van der Waals surface area contributed by atoms with Gasteiger partial charge in [-0.05, 0) is 26.3 Å². The SMILES string of the molecule is CCOC(=O)C1(OC)CCCNC1.Cl. The molecule has 0 radical (unpaired) electrons. The number of hydrogen-bond donors (Lipinski definition) is 1. The normalized spacial score (nSPS) is 26.4. The van der Waals surface area contributed by atoms with Crippen LogP contribution in [0.2, 0.25) is 0 Å². The summed E-state index contributed by atoms with van der Waals surface area (Å²) in [5, 5.41) is 3.14. The van der Waals surface area contributed by atoms with Crippen molar-refractivity contribution in [3.8, 4) is 0 Å². The lowest BCUT2D eigenvalue weighted by Crippen LogP contribution is -2.53. The zero-order chi connectivity index (χ0) is 9.73. The van der Waals surface area contributed by atoms with Crippen molar-refractivity contribution in [2.75, 3.05) is 26.8 Å². The molecule has 1 heterocycles. The average Bonchev–Trinajstić information content (AvgIpc) is 2.19. The Balaban J connectivity index is 0.00000169. The van der Waals surface area contributed by atoms with Gasteiger partial charge in [0, 0.05) is 13.7 Å². The summed E-state index contributed by atoms with van der Waals surface area (Å²) in [6, 6.07) is 0. The number of carbonyl (C=O) groups excluding carboxylic acids is 1. The maximum atomic E-state index is 11.6. The number of ether oxygens (including phenoxy) is 2. The second kappa shape index (κ2) is 6.22. The fourth-order valence-corrected chi connectivity index (χ4v) is 1.57. The fourth-order valence-electron chi connectivity index (χ4n) is 1.57. The molecule has 0 aromatic carbocycles. The number of halogens is 1. The van der Waals surface area contributed by atoms with E-state index in [1.165, 1.54) is 0 Å². The predicted molar refractivity (Wildman–Crippen MR) is 55.7 cm³/mol. The van der Waals surface area contributed by atoms with E-state index in [2.05, 4.69) is 5.32 Å². The van der Waals surface area contributed by atoms with Gasteiger partial charge in [0.05, 0.1) is 6.61 Å². The van der Waals surface area contributed by atoms with Gasteiger partial charge in [0.15, 0.2) is 5.60 Å².